The first-order valence-corrected chi connectivity index (χ1v) is 14.3. The van der Waals surface area contributed by atoms with Crippen LogP contribution < -0.4 is 5.32 Å². The molecule has 0 aromatic carbocycles. The Balaban J connectivity index is 1.50. The van der Waals surface area contributed by atoms with Crippen molar-refractivity contribution in [3.8, 4) is 0 Å². The van der Waals surface area contributed by atoms with Crippen LogP contribution in [0.1, 0.15) is 20.1 Å². The summed E-state index contributed by atoms with van der Waals surface area (Å²) in [5.74, 6) is 0.424. The van der Waals surface area contributed by atoms with Gasteiger partial charge in [0.05, 0.1) is 12.9 Å². The standard InChI is InChI=1S/C15H22N5O12P3/c1-8(2)3-4-16-13-10-14(18-6-17-13)20(7-19-10)15-12(22)11(21)9(29-15)5-28-35(27)31-33(23,24)30-34(25,26)32-35/h3,6-7,9,11-12,15,21-22H,4-5H2,1-2H3,(H,23,24)(H,25,26)(H,16,17,18)/t9-,11?,12?,15-/m1/s1. The minimum Gasteiger partial charge on any atom is -0.387 e. The molecule has 6 atom stereocenters. The van der Waals surface area contributed by atoms with Crippen LogP contribution in [0.2, 0.25) is 0 Å². The second-order valence-electron chi connectivity index (χ2n) is 7.68. The molecule has 20 heteroatoms. The fraction of sp³-hybridized carbons (Fsp3) is 0.533. The first-order valence-electron chi connectivity index (χ1n) is 9.90. The molecule has 2 aliphatic rings. The third-order valence-corrected chi connectivity index (χ3v) is 10.1. The van der Waals surface area contributed by atoms with Gasteiger partial charge in [0.15, 0.2) is 23.2 Å². The van der Waals surface area contributed by atoms with Gasteiger partial charge in [0, 0.05) is 6.54 Å². The van der Waals surface area contributed by atoms with Gasteiger partial charge in [0.25, 0.3) is 0 Å². The number of nitrogens with one attached hydrogen (secondary N) is 1. The molecular weight excluding hydrogens is 535 g/mol. The third-order valence-electron chi connectivity index (χ3n) is 4.76. The van der Waals surface area contributed by atoms with Gasteiger partial charge in [-0.15, -0.1) is 0 Å². The number of nitrogens with zero attached hydrogens (tertiary/aromatic N) is 4. The maximum atomic E-state index is 12.4. The first-order chi connectivity index (χ1) is 16.3. The number of imidazole rings is 1. The molecule has 0 saturated carbocycles. The van der Waals surface area contributed by atoms with Gasteiger partial charge in [-0.3, -0.25) is 9.09 Å². The Morgan fingerprint density at radius 3 is 2.46 bits per heavy atom. The largest absolute Gasteiger partial charge is 0.492 e. The fourth-order valence-electron chi connectivity index (χ4n) is 3.26. The van der Waals surface area contributed by atoms with Crippen molar-refractivity contribution < 1.29 is 55.9 Å². The van der Waals surface area contributed by atoms with Crippen LogP contribution in [-0.2, 0) is 35.9 Å². The number of allylic oxidation sites excluding steroid dienone is 1. The van der Waals surface area contributed by atoms with E-state index in [2.05, 4.69) is 33.2 Å². The minimum atomic E-state index is -5.23. The summed E-state index contributed by atoms with van der Waals surface area (Å²) < 4.78 is 59.3. The minimum absolute atomic E-state index is 0.267. The molecule has 2 fully saturated rings. The summed E-state index contributed by atoms with van der Waals surface area (Å²) >= 11 is 0. The first kappa shape index (κ1) is 26.5. The van der Waals surface area contributed by atoms with Gasteiger partial charge in [0.1, 0.15) is 24.6 Å². The maximum absolute atomic E-state index is 12.4. The second kappa shape index (κ2) is 9.71. The van der Waals surface area contributed by atoms with Crippen molar-refractivity contribution in [3.05, 3.63) is 24.3 Å². The number of aliphatic hydroxyl groups is 2. The topological polar surface area (TPSA) is 234 Å². The van der Waals surface area contributed by atoms with Crippen LogP contribution in [0.15, 0.2) is 24.3 Å². The van der Waals surface area contributed by atoms with E-state index >= 15 is 0 Å². The van der Waals surface area contributed by atoms with Gasteiger partial charge in [-0.2, -0.15) is 12.9 Å². The van der Waals surface area contributed by atoms with Gasteiger partial charge >= 0.3 is 23.5 Å². The molecule has 2 saturated heterocycles. The average molecular weight is 557 g/mol. The molecule has 17 nitrogen and oxygen atoms in total. The van der Waals surface area contributed by atoms with Gasteiger partial charge < -0.3 is 30.1 Å². The molecule has 0 radical (unpaired) electrons. The number of rotatable bonds is 7. The SMILES string of the molecule is CC(C)=CCNc1ncnc2c1ncn2[C@@H]1O[C@H](COP2(=O)OP(=O)(O)OP(=O)(O)O2)C(O)C1O. The van der Waals surface area contributed by atoms with Crippen molar-refractivity contribution in [1.29, 1.82) is 0 Å². The Hall–Kier alpha value is -1.58. The van der Waals surface area contributed by atoms with E-state index in [0.717, 1.165) is 5.57 Å². The van der Waals surface area contributed by atoms with Crippen LogP contribution in [0, 0.1) is 0 Å². The molecule has 0 spiro atoms. The van der Waals surface area contributed by atoms with Crippen molar-refractivity contribution in [3.63, 3.8) is 0 Å². The lowest BCUT2D eigenvalue weighted by Gasteiger charge is -2.27. The van der Waals surface area contributed by atoms with Crippen LogP contribution in [0.25, 0.3) is 11.2 Å². The normalized spacial score (nSPS) is 37.4. The zero-order valence-corrected chi connectivity index (χ0v) is 20.8. The Labute approximate surface area is 197 Å². The van der Waals surface area contributed by atoms with Crippen molar-refractivity contribution >= 4 is 40.4 Å². The highest BCUT2D eigenvalue weighted by atomic mass is 31.3. The van der Waals surface area contributed by atoms with Crippen molar-refractivity contribution in [2.24, 2.45) is 0 Å². The third kappa shape index (κ3) is 5.88. The highest BCUT2D eigenvalue weighted by molar-refractivity contribution is 7.74. The molecule has 0 bridgehead atoms. The van der Waals surface area contributed by atoms with Crippen LogP contribution >= 0.6 is 23.5 Å². The predicted octanol–water partition coefficient (Wildman–Crippen LogP) is 1.21. The van der Waals surface area contributed by atoms with Crippen LogP contribution in [0.4, 0.5) is 5.82 Å². The van der Waals surface area contributed by atoms with Crippen LogP contribution in [-0.4, -0.2) is 71.0 Å². The van der Waals surface area contributed by atoms with Crippen molar-refractivity contribution in [2.75, 3.05) is 18.5 Å². The Morgan fingerprint density at radius 2 is 1.80 bits per heavy atom. The number of aliphatic hydroxyl groups excluding tert-OH is 2. The number of fused-ring (bicyclic) bond motifs is 1. The molecule has 5 N–H and O–H groups in total. The highest BCUT2D eigenvalue weighted by Crippen LogP contribution is 2.80. The molecule has 35 heavy (non-hydrogen) atoms. The van der Waals surface area contributed by atoms with Crippen molar-refractivity contribution in [1.82, 2.24) is 19.5 Å². The van der Waals surface area contributed by atoms with E-state index in [1.165, 1.54) is 17.2 Å². The molecule has 194 valence electrons. The van der Waals surface area contributed by atoms with E-state index in [0.29, 0.717) is 17.9 Å². The lowest BCUT2D eigenvalue weighted by Crippen LogP contribution is -2.33. The van der Waals surface area contributed by atoms with E-state index in [4.69, 9.17) is 9.26 Å². The van der Waals surface area contributed by atoms with E-state index in [-0.39, 0.29) is 5.65 Å². The molecule has 0 aliphatic carbocycles. The molecule has 0 amide bonds. The van der Waals surface area contributed by atoms with Gasteiger partial charge in [-0.05, 0) is 13.8 Å². The summed E-state index contributed by atoms with van der Waals surface area (Å²) in [6.45, 7) is 3.54. The van der Waals surface area contributed by atoms with E-state index in [1.54, 1.807) is 0 Å². The Morgan fingerprint density at radius 1 is 1.11 bits per heavy atom. The number of hydrogen-bond donors (Lipinski definition) is 5. The van der Waals surface area contributed by atoms with Crippen molar-refractivity contribution in [2.45, 2.75) is 38.4 Å². The molecule has 2 aliphatic heterocycles. The lowest BCUT2D eigenvalue weighted by atomic mass is 10.1. The molecule has 2 aromatic rings. The summed E-state index contributed by atoms with van der Waals surface area (Å²) in [5, 5.41) is 24.0. The second-order valence-corrected chi connectivity index (χ2v) is 12.7. The smallest absolute Gasteiger partial charge is 0.387 e. The molecule has 4 heterocycles. The Bertz CT molecular complexity index is 1250. The summed E-state index contributed by atoms with van der Waals surface area (Å²) in [4.78, 5) is 31.1. The molecular formula is C15H22N5O12P3. The fourth-order valence-corrected chi connectivity index (χ4v) is 8.19. The summed E-state index contributed by atoms with van der Waals surface area (Å²) in [6.07, 6.45) is -1.22. The number of anilines is 1. The number of hydrogen-bond acceptors (Lipinski definition) is 14. The van der Waals surface area contributed by atoms with E-state index in [9.17, 15) is 33.7 Å². The monoisotopic (exact) mass is 557 g/mol. The van der Waals surface area contributed by atoms with E-state index < -0.39 is 54.6 Å². The summed E-state index contributed by atoms with van der Waals surface area (Å²) in [5.41, 5.74) is 1.73. The molecule has 2 aromatic heterocycles. The van der Waals surface area contributed by atoms with Gasteiger partial charge in [0.2, 0.25) is 0 Å². The lowest BCUT2D eigenvalue weighted by molar-refractivity contribution is -0.0506. The number of phosphoric acid groups is 3. The summed E-state index contributed by atoms with van der Waals surface area (Å²) in [6, 6.07) is 0. The van der Waals surface area contributed by atoms with Gasteiger partial charge in [-0.1, -0.05) is 11.6 Å². The maximum Gasteiger partial charge on any atom is 0.492 e. The zero-order chi connectivity index (χ0) is 25.6. The summed E-state index contributed by atoms with van der Waals surface area (Å²) in [7, 11) is -15.5. The predicted molar refractivity (Wildman–Crippen MR) is 116 cm³/mol. The quantitative estimate of drug-likeness (QED) is 0.238. The van der Waals surface area contributed by atoms with Crippen LogP contribution in [0.3, 0.4) is 0 Å². The number of ether oxygens (including phenoxy) is 1. The van der Waals surface area contributed by atoms with Crippen LogP contribution in [0.5, 0.6) is 0 Å². The molecule has 4 unspecified atom stereocenters. The zero-order valence-electron chi connectivity index (χ0n) is 18.1. The highest BCUT2D eigenvalue weighted by Gasteiger charge is 2.55. The van der Waals surface area contributed by atoms with Gasteiger partial charge in [-0.25, -0.2) is 28.6 Å². The average Bonchev–Trinajstić information content (AvgIpc) is 3.26. The number of aromatic nitrogens is 4. The molecule has 4 rings (SSSR count). The van der Waals surface area contributed by atoms with E-state index in [1.807, 2.05) is 19.9 Å². The Kier molecular flexibility index (Phi) is 7.34.